The van der Waals surface area contributed by atoms with Crippen LogP contribution >= 0.6 is 0 Å². The van der Waals surface area contributed by atoms with Crippen molar-refractivity contribution in [3.63, 3.8) is 0 Å². The summed E-state index contributed by atoms with van der Waals surface area (Å²) < 4.78 is 0. The van der Waals surface area contributed by atoms with Gasteiger partial charge in [0.2, 0.25) is 0 Å². The molecule has 1 unspecified atom stereocenters. The van der Waals surface area contributed by atoms with Crippen molar-refractivity contribution < 1.29 is 0 Å². The third-order valence-corrected chi connectivity index (χ3v) is 2.92. The average molecular weight is 172 g/mol. The van der Waals surface area contributed by atoms with Crippen molar-refractivity contribution >= 4 is 0 Å². The first kappa shape index (κ1) is 8.55. The van der Waals surface area contributed by atoms with Gasteiger partial charge >= 0.3 is 0 Å². The Morgan fingerprint density at radius 1 is 1.38 bits per heavy atom. The number of hydrogen-bond donors (Lipinski definition) is 0. The molecule has 68 valence electrons. The predicted molar refractivity (Wildman–Crippen MR) is 56.9 cm³/mol. The molecule has 0 bridgehead atoms. The van der Waals surface area contributed by atoms with Gasteiger partial charge in [0.05, 0.1) is 0 Å². The van der Waals surface area contributed by atoms with Crippen molar-refractivity contribution in [2.24, 2.45) is 0 Å². The Labute approximate surface area is 80.3 Å². The second kappa shape index (κ2) is 3.37. The number of fused-ring (bicyclic) bond motifs is 1. The summed E-state index contributed by atoms with van der Waals surface area (Å²) in [6.45, 7) is 6.41. The Bertz CT molecular complexity index is 323. The Hall–Kier alpha value is -1.04. The van der Waals surface area contributed by atoms with Gasteiger partial charge in [-0.05, 0) is 24.0 Å². The van der Waals surface area contributed by atoms with Gasteiger partial charge in [-0.25, -0.2) is 0 Å². The predicted octanol–water partition coefficient (Wildman–Crippen LogP) is 3.68. The van der Waals surface area contributed by atoms with E-state index in [1.807, 2.05) is 0 Å². The third-order valence-electron chi connectivity index (χ3n) is 2.92. The maximum Gasteiger partial charge on any atom is 0.00515 e. The van der Waals surface area contributed by atoms with Gasteiger partial charge in [-0.3, -0.25) is 0 Å². The van der Waals surface area contributed by atoms with Gasteiger partial charge in [-0.1, -0.05) is 49.8 Å². The van der Waals surface area contributed by atoms with Gasteiger partial charge in [0.25, 0.3) is 0 Å². The molecule has 1 aliphatic carbocycles. The standard InChI is InChI=1S/C13H16/c1-3-6-12-10(2)9-11-7-4-5-8-13(11)12/h4-5,7-8,12H,2-3,6,9H2,1H3. The van der Waals surface area contributed by atoms with Gasteiger partial charge in [-0.2, -0.15) is 0 Å². The van der Waals surface area contributed by atoms with Crippen molar-refractivity contribution in [3.8, 4) is 0 Å². The quantitative estimate of drug-likeness (QED) is 0.597. The maximum absolute atomic E-state index is 4.17. The minimum Gasteiger partial charge on any atom is -0.0989 e. The minimum atomic E-state index is 0.640. The van der Waals surface area contributed by atoms with Crippen LogP contribution in [0, 0.1) is 0 Å². The van der Waals surface area contributed by atoms with Crippen LogP contribution in [0.1, 0.15) is 36.8 Å². The normalized spacial score (nSPS) is 20.4. The van der Waals surface area contributed by atoms with E-state index in [2.05, 4.69) is 37.8 Å². The second-order valence-electron chi connectivity index (χ2n) is 3.88. The van der Waals surface area contributed by atoms with E-state index >= 15 is 0 Å². The minimum absolute atomic E-state index is 0.640. The topological polar surface area (TPSA) is 0 Å². The number of benzene rings is 1. The highest BCUT2D eigenvalue weighted by Gasteiger charge is 2.23. The van der Waals surface area contributed by atoms with E-state index in [0.717, 1.165) is 6.42 Å². The first-order valence-corrected chi connectivity index (χ1v) is 5.08. The molecule has 0 amide bonds. The lowest BCUT2D eigenvalue weighted by Gasteiger charge is -2.10. The van der Waals surface area contributed by atoms with Crippen molar-refractivity contribution in [1.82, 2.24) is 0 Å². The van der Waals surface area contributed by atoms with Crippen molar-refractivity contribution in [2.75, 3.05) is 0 Å². The highest BCUT2D eigenvalue weighted by Crippen LogP contribution is 2.39. The van der Waals surface area contributed by atoms with Crippen LogP contribution in [0.15, 0.2) is 36.4 Å². The van der Waals surface area contributed by atoms with Crippen molar-refractivity contribution in [1.29, 1.82) is 0 Å². The first-order valence-electron chi connectivity index (χ1n) is 5.08. The van der Waals surface area contributed by atoms with Crippen molar-refractivity contribution in [3.05, 3.63) is 47.5 Å². The summed E-state index contributed by atoms with van der Waals surface area (Å²) in [6, 6.07) is 8.75. The van der Waals surface area contributed by atoms with Gasteiger partial charge in [0.1, 0.15) is 0 Å². The highest BCUT2D eigenvalue weighted by atomic mass is 14.3. The molecule has 0 spiro atoms. The monoisotopic (exact) mass is 172 g/mol. The molecule has 1 atom stereocenters. The molecule has 1 aromatic rings. The summed E-state index contributed by atoms with van der Waals surface area (Å²) in [5, 5.41) is 0. The average Bonchev–Trinajstić information content (AvgIpc) is 2.44. The Morgan fingerprint density at radius 3 is 2.92 bits per heavy atom. The molecule has 0 fully saturated rings. The number of allylic oxidation sites excluding steroid dienone is 1. The second-order valence-corrected chi connectivity index (χ2v) is 3.88. The van der Waals surface area contributed by atoms with Gasteiger partial charge in [-0.15, -0.1) is 0 Å². The summed E-state index contributed by atoms with van der Waals surface area (Å²) in [5.41, 5.74) is 4.42. The van der Waals surface area contributed by atoms with Crippen LogP contribution in [-0.2, 0) is 6.42 Å². The fourth-order valence-electron chi connectivity index (χ4n) is 2.27. The van der Waals surface area contributed by atoms with Crippen LogP contribution in [0.3, 0.4) is 0 Å². The lowest BCUT2D eigenvalue weighted by molar-refractivity contribution is 0.702. The van der Waals surface area contributed by atoms with Crippen molar-refractivity contribution in [2.45, 2.75) is 32.1 Å². The third kappa shape index (κ3) is 1.41. The Balaban J connectivity index is 2.35. The summed E-state index contributed by atoms with van der Waals surface area (Å²) in [5.74, 6) is 0.640. The van der Waals surface area contributed by atoms with E-state index in [1.54, 1.807) is 0 Å². The highest BCUT2D eigenvalue weighted by molar-refractivity contribution is 5.44. The van der Waals surface area contributed by atoms with Crippen LogP contribution in [-0.4, -0.2) is 0 Å². The summed E-state index contributed by atoms with van der Waals surface area (Å²) in [6.07, 6.45) is 3.61. The van der Waals surface area contributed by atoms with Gasteiger partial charge in [0, 0.05) is 5.92 Å². The Kier molecular flexibility index (Phi) is 2.22. The van der Waals surface area contributed by atoms with Crippen LogP contribution in [0.4, 0.5) is 0 Å². The maximum atomic E-state index is 4.17. The van der Waals surface area contributed by atoms with E-state index in [9.17, 15) is 0 Å². The summed E-state index contributed by atoms with van der Waals surface area (Å²) in [7, 11) is 0. The molecule has 0 nitrogen and oxygen atoms in total. The fraction of sp³-hybridized carbons (Fsp3) is 0.385. The van der Waals surface area contributed by atoms with E-state index < -0.39 is 0 Å². The molecular formula is C13H16. The SMILES string of the molecule is C=C1Cc2ccccc2C1CCC. The zero-order valence-electron chi connectivity index (χ0n) is 8.22. The molecule has 0 heteroatoms. The molecule has 2 rings (SSSR count). The molecule has 13 heavy (non-hydrogen) atoms. The summed E-state index contributed by atoms with van der Waals surface area (Å²) >= 11 is 0. The van der Waals surface area contributed by atoms with Crippen LogP contribution in [0.25, 0.3) is 0 Å². The van der Waals surface area contributed by atoms with Crippen LogP contribution in [0.5, 0.6) is 0 Å². The van der Waals surface area contributed by atoms with Crippen LogP contribution in [0.2, 0.25) is 0 Å². The molecule has 1 aromatic carbocycles. The fourth-order valence-corrected chi connectivity index (χ4v) is 2.27. The number of rotatable bonds is 2. The van der Waals surface area contributed by atoms with Gasteiger partial charge < -0.3 is 0 Å². The molecular weight excluding hydrogens is 156 g/mol. The van der Waals surface area contributed by atoms with E-state index in [0.29, 0.717) is 5.92 Å². The lowest BCUT2D eigenvalue weighted by atomic mass is 9.94. The molecule has 0 aromatic heterocycles. The zero-order chi connectivity index (χ0) is 9.26. The largest absolute Gasteiger partial charge is 0.0989 e. The molecule has 1 aliphatic rings. The first-order chi connectivity index (χ1) is 6.33. The van der Waals surface area contributed by atoms with E-state index in [4.69, 9.17) is 0 Å². The van der Waals surface area contributed by atoms with E-state index in [-0.39, 0.29) is 0 Å². The van der Waals surface area contributed by atoms with Crippen LogP contribution < -0.4 is 0 Å². The van der Waals surface area contributed by atoms with Gasteiger partial charge in [0.15, 0.2) is 0 Å². The van der Waals surface area contributed by atoms with E-state index in [1.165, 1.54) is 29.5 Å². The molecule has 0 saturated carbocycles. The lowest BCUT2D eigenvalue weighted by Crippen LogP contribution is -1.94. The zero-order valence-corrected chi connectivity index (χ0v) is 8.22. The molecule has 0 radical (unpaired) electrons. The molecule has 0 heterocycles. The summed E-state index contributed by atoms with van der Waals surface area (Å²) in [4.78, 5) is 0. The molecule has 0 N–H and O–H groups in total. The smallest absolute Gasteiger partial charge is 0.00515 e. The number of hydrogen-bond acceptors (Lipinski definition) is 0. The Morgan fingerprint density at radius 2 is 2.15 bits per heavy atom. The molecule has 0 aliphatic heterocycles. The molecule has 0 saturated heterocycles.